The van der Waals surface area contributed by atoms with E-state index in [1.807, 2.05) is 24.3 Å². The highest BCUT2D eigenvalue weighted by Gasteiger charge is 2.32. The highest BCUT2D eigenvalue weighted by atomic mass is 16.4. The van der Waals surface area contributed by atoms with Gasteiger partial charge in [0.25, 0.3) is 0 Å². The monoisotopic (exact) mass is 445 g/mol. The average molecular weight is 445 g/mol. The number of carboxylic acid groups (broad SMARTS) is 2. The third kappa shape index (κ3) is 5.66. The smallest absolute Gasteiger partial charge is 0.414 e. The van der Waals surface area contributed by atoms with Crippen LogP contribution in [0.25, 0.3) is 11.0 Å². The number of imidazole rings is 1. The van der Waals surface area contributed by atoms with Gasteiger partial charge in [-0.3, -0.25) is 24.2 Å². The number of carbonyl (C=O) groups excluding carboxylic acids is 3. The fourth-order valence-corrected chi connectivity index (χ4v) is 3.48. The van der Waals surface area contributed by atoms with E-state index >= 15 is 0 Å². The molecule has 0 spiro atoms. The Morgan fingerprint density at radius 3 is 2.09 bits per heavy atom. The number of para-hydroxylation sites is 2. The molecule has 0 aliphatic carbocycles. The van der Waals surface area contributed by atoms with Crippen molar-refractivity contribution in [2.75, 3.05) is 32.7 Å². The molecule has 4 rings (SSSR count). The molecule has 2 fully saturated rings. The quantitative estimate of drug-likeness (QED) is 0.416. The number of benzene rings is 1. The van der Waals surface area contributed by atoms with Gasteiger partial charge in [-0.1, -0.05) is 12.1 Å². The summed E-state index contributed by atoms with van der Waals surface area (Å²) in [5.74, 6) is -3.38. The second-order valence-corrected chi connectivity index (χ2v) is 7.34. The van der Waals surface area contributed by atoms with Crippen molar-refractivity contribution >= 4 is 40.7 Å². The summed E-state index contributed by atoms with van der Waals surface area (Å²) < 4.78 is 0. The van der Waals surface area contributed by atoms with Crippen LogP contribution in [0.5, 0.6) is 0 Å². The second-order valence-electron chi connectivity index (χ2n) is 7.34. The van der Waals surface area contributed by atoms with E-state index in [1.165, 1.54) is 0 Å². The molecular weight excluding hydrogens is 422 g/mol. The van der Waals surface area contributed by atoms with Gasteiger partial charge in [0.05, 0.1) is 17.6 Å². The van der Waals surface area contributed by atoms with E-state index in [0.29, 0.717) is 19.6 Å². The minimum absolute atomic E-state index is 0.124. The van der Waals surface area contributed by atoms with E-state index in [4.69, 9.17) is 19.8 Å². The van der Waals surface area contributed by atoms with Gasteiger partial charge in [-0.05, 0) is 12.1 Å². The van der Waals surface area contributed by atoms with Crippen LogP contribution in [0.15, 0.2) is 24.3 Å². The topological polar surface area (TPSA) is 164 Å². The van der Waals surface area contributed by atoms with Crippen molar-refractivity contribution in [1.29, 1.82) is 0 Å². The molecule has 1 aromatic heterocycles. The van der Waals surface area contributed by atoms with Crippen LogP contribution in [0.1, 0.15) is 18.7 Å². The van der Waals surface area contributed by atoms with Crippen molar-refractivity contribution in [3.63, 3.8) is 0 Å². The van der Waals surface area contributed by atoms with Crippen molar-refractivity contribution < 1.29 is 34.2 Å². The zero-order valence-electron chi connectivity index (χ0n) is 17.2. The molecule has 2 aromatic rings. The standard InChI is InChI=1S/C18H21N5O3.C2H2O4/c24-16-5-6-17(25)23(16)12-18(26)22-9-7-21(8-10-22)11-15-19-13-3-1-2-4-14(13)20-15;3-1(4)2(5)6/h1-4H,5-12H2,(H,19,20);(H,3,4)(H,5,6). The number of imide groups is 1. The van der Waals surface area contributed by atoms with Crippen LogP contribution < -0.4 is 0 Å². The third-order valence-corrected chi connectivity index (χ3v) is 5.17. The molecule has 32 heavy (non-hydrogen) atoms. The van der Waals surface area contributed by atoms with Crippen LogP contribution in [-0.4, -0.2) is 97.3 Å². The number of H-pyrrole nitrogens is 1. The summed E-state index contributed by atoms with van der Waals surface area (Å²) in [5, 5.41) is 14.8. The van der Waals surface area contributed by atoms with Crippen molar-refractivity contribution in [1.82, 2.24) is 24.7 Å². The Kier molecular flexibility index (Phi) is 7.15. The number of carboxylic acids is 2. The third-order valence-electron chi connectivity index (χ3n) is 5.17. The molecule has 170 valence electrons. The molecule has 0 bridgehead atoms. The lowest BCUT2D eigenvalue weighted by atomic mass is 10.3. The van der Waals surface area contributed by atoms with Crippen molar-refractivity contribution in [3.8, 4) is 0 Å². The lowest BCUT2D eigenvalue weighted by Crippen LogP contribution is -2.51. The number of rotatable bonds is 4. The van der Waals surface area contributed by atoms with Crippen molar-refractivity contribution in [3.05, 3.63) is 30.1 Å². The lowest BCUT2D eigenvalue weighted by Gasteiger charge is -2.34. The van der Waals surface area contributed by atoms with E-state index < -0.39 is 11.9 Å². The molecule has 2 aliphatic heterocycles. The van der Waals surface area contributed by atoms with E-state index in [-0.39, 0.29) is 37.1 Å². The Morgan fingerprint density at radius 2 is 1.53 bits per heavy atom. The minimum atomic E-state index is -1.82. The molecule has 2 saturated heterocycles. The molecule has 3 heterocycles. The van der Waals surface area contributed by atoms with Gasteiger partial charge in [-0.15, -0.1) is 0 Å². The zero-order chi connectivity index (χ0) is 23.3. The maximum atomic E-state index is 12.4. The largest absolute Gasteiger partial charge is 0.473 e. The summed E-state index contributed by atoms with van der Waals surface area (Å²) in [4.78, 5) is 66.8. The number of aromatic amines is 1. The van der Waals surface area contributed by atoms with Crippen LogP contribution >= 0.6 is 0 Å². The van der Waals surface area contributed by atoms with E-state index in [1.54, 1.807) is 4.90 Å². The van der Waals surface area contributed by atoms with Crippen molar-refractivity contribution in [2.24, 2.45) is 0 Å². The predicted octanol–water partition coefficient (Wildman–Crippen LogP) is -0.488. The number of hydrogen-bond acceptors (Lipinski definition) is 7. The molecule has 3 amide bonds. The zero-order valence-corrected chi connectivity index (χ0v) is 17.2. The lowest BCUT2D eigenvalue weighted by molar-refractivity contribution is -0.159. The number of aliphatic carboxylic acids is 2. The van der Waals surface area contributed by atoms with Gasteiger partial charge in [-0.25, -0.2) is 14.6 Å². The molecule has 3 N–H and O–H groups in total. The first kappa shape index (κ1) is 22.9. The molecule has 12 nitrogen and oxygen atoms in total. The predicted molar refractivity (Wildman–Crippen MR) is 109 cm³/mol. The Labute approximate surface area is 182 Å². The fraction of sp³-hybridized carbons (Fsp3) is 0.400. The highest BCUT2D eigenvalue weighted by Crippen LogP contribution is 2.14. The molecule has 0 unspecified atom stereocenters. The Balaban J connectivity index is 0.000000427. The van der Waals surface area contributed by atoms with Crippen molar-refractivity contribution in [2.45, 2.75) is 19.4 Å². The Hall–Kier alpha value is -3.80. The van der Waals surface area contributed by atoms with Gasteiger partial charge < -0.3 is 20.1 Å². The van der Waals surface area contributed by atoms with Gasteiger partial charge in [0.2, 0.25) is 17.7 Å². The summed E-state index contributed by atoms with van der Waals surface area (Å²) in [6.07, 6.45) is 0.439. The molecule has 0 atom stereocenters. The van der Waals surface area contributed by atoms with Crippen LogP contribution in [0.2, 0.25) is 0 Å². The van der Waals surface area contributed by atoms with Crippen LogP contribution in [0.4, 0.5) is 0 Å². The van der Waals surface area contributed by atoms with Gasteiger partial charge in [0, 0.05) is 39.0 Å². The summed E-state index contributed by atoms with van der Waals surface area (Å²) in [7, 11) is 0. The molecule has 1 aromatic carbocycles. The molecule has 0 radical (unpaired) electrons. The highest BCUT2D eigenvalue weighted by molar-refractivity contribution is 6.27. The first-order valence-electron chi connectivity index (χ1n) is 9.97. The number of nitrogens with one attached hydrogen (secondary N) is 1. The maximum absolute atomic E-state index is 12.4. The number of piperazine rings is 1. The van der Waals surface area contributed by atoms with Gasteiger partial charge in [-0.2, -0.15) is 0 Å². The molecule has 0 saturated carbocycles. The number of nitrogens with zero attached hydrogens (tertiary/aromatic N) is 4. The number of amides is 3. The van der Waals surface area contributed by atoms with Crippen LogP contribution in [0, 0.1) is 0 Å². The number of fused-ring (bicyclic) bond motifs is 1. The SMILES string of the molecule is O=C(CN1C(=O)CCC1=O)N1CCN(Cc2nc3ccccc3[nH]2)CC1.O=C(O)C(=O)O. The summed E-state index contributed by atoms with van der Waals surface area (Å²) >= 11 is 0. The number of hydrogen-bond donors (Lipinski definition) is 3. The molecular formula is C20H23N5O7. The van der Waals surface area contributed by atoms with Crippen LogP contribution in [0.3, 0.4) is 0 Å². The molecule has 12 heteroatoms. The van der Waals surface area contributed by atoms with E-state index in [9.17, 15) is 14.4 Å². The normalized spacial score (nSPS) is 16.8. The Bertz CT molecular complexity index is 981. The van der Waals surface area contributed by atoms with Crippen LogP contribution in [-0.2, 0) is 30.5 Å². The minimum Gasteiger partial charge on any atom is -0.473 e. The van der Waals surface area contributed by atoms with Gasteiger partial charge in [0.15, 0.2) is 0 Å². The number of aromatic nitrogens is 2. The molecule has 2 aliphatic rings. The fourth-order valence-electron chi connectivity index (χ4n) is 3.48. The van der Waals surface area contributed by atoms with E-state index in [2.05, 4.69) is 14.9 Å². The summed E-state index contributed by atoms with van der Waals surface area (Å²) in [6, 6.07) is 7.92. The van der Waals surface area contributed by atoms with Gasteiger partial charge in [0.1, 0.15) is 12.4 Å². The van der Waals surface area contributed by atoms with E-state index in [0.717, 1.165) is 34.8 Å². The first-order chi connectivity index (χ1) is 15.2. The number of likely N-dealkylation sites (tertiary alicyclic amines) is 1. The average Bonchev–Trinajstić information content (AvgIpc) is 3.32. The summed E-state index contributed by atoms with van der Waals surface area (Å²) in [6.45, 7) is 3.25. The second kappa shape index (κ2) is 10.0. The maximum Gasteiger partial charge on any atom is 0.414 e. The van der Waals surface area contributed by atoms with Gasteiger partial charge >= 0.3 is 11.9 Å². The summed E-state index contributed by atoms with van der Waals surface area (Å²) in [5.41, 5.74) is 1.98. The Morgan fingerprint density at radius 1 is 0.938 bits per heavy atom. The number of carbonyl (C=O) groups is 5. The first-order valence-corrected chi connectivity index (χ1v) is 9.97.